The third kappa shape index (κ3) is 2.09. The average molecular weight is 268 g/mol. The molecule has 100 valence electrons. The molecule has 5 heteroatoms. The van der Waals surface area contributed by atoms with E-state index in [9.17, 15) is 4.79 Å². The number of ether oxygens (including phenoxy) is 1. The van der Waals surface area contributed by atoms with Gasteiger partial charge in [0.15, 0.2) is 0 Å². The molecule has 0 spiro atoms. The summed E-state index contributed by atoms with van der Waals surface area (Å²) in [6, 6.07) is 12.8. The first kappa shape index (κ1) is 12.2. The van der Waals surface area contributed by atoms with Gasteiger partial charge in [0.25, 0.3) is 5.91 Å². The molecule has 1 heterocycles. The zero-order valence-electron chi connectivity index (χ0n) is 10.8. The Bertz CT molecular complexity index is 751. The largest absolute Gasteiger partial charge is 0.496 e. The molecule has 0 bridgehead atoms. The van der Waals surface area contributed by atoms with Gasteiger partial charge in [0.05, 0.1) is 13.3 Å². The maximum Gasteiger partial charge on any atom is 0.294 e. The van der Waals surface area contributed by atoms with Crippen LogP contribution in [0.15, 0.2) is 53.2 Å². The molecule has 0 saturated heterocycles. The van der Waals surface area contributed by atoms with Gasteiger partial charge in [-0.3, -0.25) is 4.79 Å². The van der Waals surface area contributed by atoms with Gasteiger partial charge in [-0.05, 0) is 12.1 Å². The van der Waals surface area contributed by atoms with Crippen LogP contribution in [-0.4, -0.2) is 18.2 Å². The topological polar surface area (TPSA) is 64.4 Å². The fourth-order valence-corrected chi connectivity index (χ4v) is 2.08. The summed E-state index contributed by atoms with van der Waals surface area (Å²) < 4.78 is 10.2. The number of nitrogens with zero attached hydrogens (tertiary/aromatic N) is 1. The molecule has 0 aliphatic carbocycles. The molecule has 3 aromatic rings. The lowest BCUT2D eigenvalue weighted by atomic mass is 10.1. The van der Waals surface area contributed by atoms with E-state index < -0.39 is 0 Å². The van der Waals surface area contributed by atoms with Gasteiger partial charge in [-0.2, -0.15) is 0 Å². The lowest BCUT2D eigenvalue weighted by Gasteiger charge is -2.10. The molecule has 1 N–H and O–H groups in total. The lowest BCUT2D eigenvalue weighted by Crippen LogP contribution is -2.11. The Hall–Kier alpha value is -2.82. The van der Waals surface area contributed by atoms with E-state index >= 15 is 0 Å². The molecule has 0 saturated carbocycles. The fraction of sp³-hybridized carbons (Fsp3) is 0.0667. The van der Waals surface area contributed by atoms with Crippen LogP contribution in [0.2, 0.25) is 0 Å². The van der Waals surface area contributed by atoms with Gasteiger partial charge < -0.3 is 14.6 Å². The summed E-state index contributed by atoms with van der Waals surface area (Å²) in [7, 11) is 1.62. The van der Waals surface area contributed by atoms with Gasteiger partial charge >= 0.3 is 0 Å². The predicted molar refractivity (Wildman–Crippen MR) is 75.0 cm³/mol. The van der Waals surface area contributed by atoms with E-state index in [1.54, 1.807) is 13.2 Å². The van der Waals surface area contributed by atoms with E-state index in [0.717, 1.165) is 16.5 Å². The van der Waals surface area contributed by atoms with Crippen molar-refractivity contribution in [3.63, 3.8) is 0 Å². The molecule has 0 radical (unpaired) electrons. The summed E-state index contributed by atoms with van der Waals surface area (Å²) in [5, 5.41) is 8.17. The SMILES string of the molecule is COc1ccc(NC(=O)c2ccno2)c2ccccc12. The predicted octanol–water partition coefficient (Wildman–Crippen LogP) is 3.09. The minimum absolute atomic E-state index is 0.171. The van der Waals surface area contributed by atoms with Gasteiger partial charge in [0.2, 0.25) is 5.76 Å². The van der Waals surface area contributed by atoms with Gasteiger partial charge in [-0.1, -0.05) is 29.4 Å². The number of amides is 1. The van der Waals surface area contributed by atoms with Crippen molar-refractivity contribution < 1.29 is 14.1 Å². The van der Waals surface area contributed by atoms with E-state index in [4.69, 9.17) is 9.26 Å². The number of hydrogen-bond donors (Lipinski definition) is 1. The molecule has 0 unspecified atom stereocenters. The minimum Gasteiger partial charge on any atom is -0.496 e. The van der Waals surface area contributed by atoms with Gasteiger partial charge in [0, 0.05) is 22.5 Å². The van der Waals surface area contributed by atoms with E-state index in [2.05, 4.69) is 10.5 Å². The molecular formula is C15H12N2O3. The maximum atomic E-state index is 12.0. The lowest BCUT2D eigenvalue weighted by molar-refractivity contribution is 0.0988. The molecule has 2 aromatic carbocycles. The van der Waals surface area contributed by atoms with Crippen molar-refractivity contribution in [2.24, 2.45) is 0 Å². The summed E-state index contributed by atoms with van der Waals surface area (Å²) in [5.41, 5.74) is 0.697. The molecule has 20 heavy (non-hydrogen) atoms. The monoisotopic (exact) mass is 268 g/mol. The number of carbonyl (C=O) groups excluding carboxylic acids is 1. The van der Waals surface area contributed by atoms with Crippen molar-refractivity contribution in [3.05, 3.63) is 54.4 Å². The molecule has 3 rings (SSSR count). The fourth-order valence-electron chi connectivity index (χ4n) is 2.08. The van der Waals surface area contributed by atoms with E-state index in [0.29, 0.717) is 5.69 Å². The van der Waals surface area contributed by atoms with Crippen LogP contribution in [0.25, 0.3) is 10.8 Å². The van der Waals surface area contributed by atoms with Crippen molar-refractivity contribution >= 4 is 22.4 Å². The van der Waals surface area contributed by atoms with Crippen LogP contribution in [-0.2, 0) is 0 Å². The standard InChI is InChI=1S/C15H12N2O3/c1-19-13-7-6-12(10-4-2-3-5-11(10)13)17-15(18)14-8-9-16-20-14/h2-9H,1H3,(H,17,18). The quantitative estimate of drug-likeness (QED) is 0.792. The highest BCUT2D eigenvalue weighted by Crippen LogP contribution is 2.31. The number of aromatic nitrogens is 1. The summed E-state index contributed by atoms with van der Waals surface area (Å²) >= 11 is 0. The normalized spacial score (nSPS) is 10.4. The second-order valence-corrected chi connectivity index (χ2v) is 4.19. The summed E-state index contributed by atoms with van der Waals surface area (Å²) in [6.07, 6.45) is 1.43. The Morgan fingerprint density at radius 2 is 1.95 bits per heavy atom. The average Bonchev–Trinajstić information content (AvgIpc) is 3.02. The molecule has 1 aromatic heterocycles. The highest BCUT2D eigenvalue weighted by molar-refractivity contribution is 6.08. The van der Waals surface area contributed by atoms with Gasteiger partial charge in [-0.25, -0.2) is 0 Å². The first-order valence-corrected chi connectivity index (χ1v) is 6.07. The van der Waals surface area contributed by atoms with Crippen molar-refractivity contribution in [2.45, 2.75) is 0 Å². The summed E-state index contributed by atoms with van der Waals surface area (Å²) in [6.45, 7) is 0. The molecular weight excluding hydrogens is 256 g/mol. The van der Waals surface area contributed by atoms with Crippen LogP contribution in [0.1, 0.15) is 10.6 Å². The minimum atomic E-state index is -0.335. The summed E-state index contributed by atoms with van der Waals surface area (Å²) in [5.74, 6) is 0.598. The van der Waals surface area contributed by atoms with Gasteiger partial charge in [-0.15, -0.1) is 0 Å². The Morgan fingerprint density at radius 3 is 2.65 bits per heavy atom. The van der Waals surface area contributed by atoms with E-state index in [-0.39, 0.29) is 11.7 Å². The van der Waals surface area contributed by atoms with Crippen LogP contribution in [0, 0.1) is 0 Å². The number of fused-ring (bicyclic) bond motifs is 1. The van der Waals surface area contributed by atoms with Crippen molar-refractivity contribution in [1.82, 2.24) is 5.16 Å². The first-order chi connectivity index (χ1) is 9.79. The second kappa shape index (κ2) is 5.05. The summed E-state index contributed by atoms with van der Waals surface area (Å²) in [4.78, 5) is 12.0. The Labute approximate surface area is 115 Å². The third-order valence-corrected chi connectivity index (χ3v) is 3.01. The van der Waals surface area contributed by atoms with Crippen molar-refractivity contribution in [2.75, 3.05) is 12.4 Å². The van der Waals surface area contributed by atoms with Crippen LogP contribution < -0.4 is 10.1 Å². The Balaban J connectivity index is 2.02. The number of methoxy groups -OCH3 is 1. The number of benzene rings is 2. The van der Waals surface area contributed by atoms with Crippen molar-refractivity contribution in [3.8, 4) is 5.75 Å². The number of anilines is 1. The van der Waals surface area contributed by atoms with E-state index in [1.807, 2.05) is 30.3 Å². The Morgan fingerprint density at radius 1 is 1.15 bits per heavy atom. The zero-order chi connectivity index (χ0) is 13.9. The molecule has 0 fully saturated rings. The van der Waals surface area contributed by atoms with Crippen LogP contribution >= 0.6 is 0 Å². The number of nitrogens with one attached hydrogen (secondary N) is 1. The van der Waals surface area contributed by atoms with E-state index in [1.165, 1.54) is 12.3 Å². The smallest absolute Gasteiger partial charge is 0.294 e. The number of rotatable bonds is 3. The molecule has 1 amide bonds. The highest BCUT2D eigenvalue weighted by atomic mass is 16.5. The Kier molecular flexibility index (Phi) is 3.09. The second-order valence-electron chi connectivity index (χ2n) is 4.19. The van der Waals surface area contributed by atoms with Gasteiger partial charge in [0.1, 0.15) is 5.75 Å². The molecule has 5 nitrogen and oxygen atoms in total. The highest BCUT2D eigenvalue weighted by Gasteiger charge is 2.12. The van der Waals surface area contributed by atoms with Crippen LogP contribution in [0.4, 0.5) is 5.69 Å². The molecule has 0 aliphatic heterocycles. The number of carbonyl (C=O) groups is 1. The molecule has 0 aliphatic rings. The van der Waals surface area contributed by atoms with Crippen LogP contribution in [0.5, 0.6) is 5.75 Å². The van der Waals surface area contributed by atoms with Crippen molar-refractivity contribution in [1.29, 1.82) is 0 Å². The first-order valence-electron chi connectivity index (χ1n) is 6.07. The third-order valence-electron chi connectivity index (χ3n) is 3.01. The maximum absolute atomic E-state index is 12.0. The van der Waals surface area contributed by atoms with Crippen LogP contribution in [0.3, 0.4) is 0 Å². The number of hydrogen-bond acceptors (Lipinski definition) is 4. The molecule has 0 atom stereocenters. The zero-order valence-corrected chi connectivity index (χ0v) is 10.8.